The van der Waals surface area contributed by atoms with Crippen LogP contribution in [-0.2, 0) is 4.79 Å². The number of amides is 3. The second kappa shape index (κ2) is 8.47. The Morgan fingerprint density at radius 2 is 2.04 bits per heavy atom. The van der Waals surface area contributed by atoms with Crippen molar-refractivity contribution in [1.82, 2.24) is 20.5 Å². The van der Waals surface area contributed by atoms with Crippen molar-refractivity contribution >= 4 is 11.9 Å². The molecule has 3 amide bonds. The number of aromatic nitrogens is 1. The summed E-state index contributed by atoms with van der Waals surface area (Å²) in [7, 11) is 0. The molecule has 1 aromatic rings. The number of urea groups is 1. The quantitative estimate of drug-likeness (QED) is 0.854. The molecule has 1 aliphatic carbocycles. The maximum atomic E-state index is 12.0. The van der Waals surface area contributed by atoms with Crippen LogP contribution in [-0.4, -0.2) is 41.5 Å². The summed E-state index contributed by atoms with van der Waals surface area (Å²) >= 11 is 0. The van der Waals surface area contributed by atoms with Gasteiger partial charge in [0.15, 0.2) is 0 Å². The molecule has 0 radical (unpaired) electrons. The van der Waals surface area contributed by atoms with Crippen molar-refractivity contribution in [2.45, 2.75) is 63.8 Å². The van der Waals surface area contributed by atoms with Crippen molar-refractivity contribution < 1.29 is 14.0 Å². The van der Waals surface area contributed by atoms with Gasteiger partial charge in [-0.3, -0.25) is 15.0 Å². The lowest BCUT2D eigenvalue weighted by atomic mass is 9.87. The molecule has 2 heterocycles. The monoisotopic (exact) mass is 348 g/mol. The highest BCUT2D eigenvalue weighted by molar-refractivity contribution is 5.95. The number of nitrogens with one attached hydrogen (secondary N) is 2. The molecular weight excluding hydrogens is 320 g/mol. The van der Waals surface area contributed by atoms with Gasteiger partial charge in [0, 0.05) is 12.5 Å². The van der Waals surface area contributed by atoms with E-state index < -0.39 is 6.03 Å². The molecule has 0 spiro atoms. The zero-order valence-corrected chi connectivity index (χ0v) is 14.9. The third-order valence-electron chi connectivity index (χ3n) is 5.15. The van der Waals surface area contributed by atoms with Gasteiger partial charge in [0.1, 0.15) is 6.26 Å². The van der Waals surface area contributed by atoms with Crippen LogP contribution >= 0.6 is 0 Å². The molecule has 7 nitrogen and oxygen atoms in total. The van der Waals surface area contributed by atoms with Gasteiger partial charge < -0.3 is 9.73 Å². The molecule has 25 heavy (non-hydrogen) atoms. The third kappa shape index (κ3) is 4.60. The molecule has 1 aromatic heterocycles. The van der Waals surface area contributed by atoms with Crippen molar-refractivity contribution in [2.24, 2.45) is 0 Å². The zero-order valence-electron chi connectivity index (χ0n) is 14.9. The Morgan fingerprint density at radius 3 is 2.80 bits per heavy atom. The normalized spacial score (nSPS) is 22.0. The van der Waals surface area contributed by atoms with Gasteiger partial charge in [-0.15, -0.1) is 0 Å². The molecule has 2 N–H and O–H groups in total. The fraction of sp³-hybridized carbons (Fsp3) is 0.722. The highest BCUT2D eigenvalue weighted by Crippen LogP contribution is 2.35. The number of carbonyl (C=O) groups excluding carboxylic acids is 2. The summed E-state index contributed by atoms with van der Waals surface area (Å²) in [5.74, 6) is 0.933. The number of hydrogen-bond acceptors (Lipinski definition) is 5. The van der Waals surface area contributed by atoms with Crippen LogP contribution in [0.3, 0.4) is 0 Å². The predicted molar refractivity (Wildman–Crippen MR) is 93.1 cm³/mol. The fourth-order valence-electron chi connectivity index (χ4n) is 3.89. The number of rotatable bonds is 5. The molecule has 0 aromatic carbocycles. The Hall–Kier alpha value is -1.89. The van der Waals surface area contributed by atoms with Gasteiger partial charge in [0.05, 0.1) is 18.3 Å². The first-order valence-electron chi connectivity index (χ1n) is 9.44. The lowest BCUT2D eigenvalue weighted by Gasteiger charge is -2.21. The van der Waals surface area contributed by atoms with E-state index in [-0.39, 0.29) is 18.5 Å². The van der Waals surface area contributed by atoms with E-state index in [9.17, 15) is 9.59 Å². The molecule has 2 fully saturated rings. The van der Waals surface area contributed by atoms with Gasteiger partial charge in [-0.05, 0) is 39.2 Å². The van der Waals surface area contributed by atoms with Gasteiger partial charge in [-0.2, -0.15) is 0 Å². The van der Waals surface area contributed by atoms with Crippen molar-refractivity contribution in [3.05, 3.63) is 17.8 Å². The summed E-state index contributed by atoms with van der Waals surface area (Å²) in [6.07, 6.45) is 9.96. The Bertz CT molecular complexity index is 595. The van der Waals surface area contributed by atoms with E-state index >= 15 is 0 Å². The average Bonchev–Trinajstić information content (AvgIpc) is 3.24. The first kappa shape index (κ1) is 17.9. The Kier molecular flexibility index (Phi) is 6.07. The Labute approximate surface area is 148 Å². The second-order valence-corrected chi connectivity index (χ2v) is 6.98. The fourth-order valence-corrected chi connectivity index (χ4v) is 3.89. The van der Waals surface area contributed by atoms with Crippen LogP contribution < -0.4 is 10.6 Å². The van der Waals surface area contributed by atoms with E-state index in [4.69, 9.17) is 9.40 Å². The molecule has 1 aliphatic heterocycles. The summed E-state index contributed by atoms with van der Waals surface area (Å²) in [6.45, 7) is 3.30. The molecule has 1 saturated carbocycles. The maximum absolute atomic E-state index is 12.0. The molecular formula is C18H28N4O3. The lowest BCUT2D eigenvalue weighted by Crippen LogP contribution is -2.44. The van der Waals surface area contributed by atoms with Crippen LogP contribution in [0.1, 0.15) is 75.4 Å². The molecule has 3 rings (SSSR count). The number of hydrogen-bond donors (Lipinski definition) is 2. The lowest BCUT2D eigenvalue weighted by molar-refractivity contribution is -0.121. The molecule has 138 valence electrons. The van der Waals surface area contributed by atoms with Crippen molar-refractivity contribution in [3.63, 3.8) is 0 Å². The van der Waals surface area contributed by atoms with Gasteiger partial charge in [0.2, 0.25) is 11.8 Å². The van der Waals surface area contributed by atoms with E-state index in [0.29, 0.717) is 18.4 Å². The smallest absolute Gasteiger partial charge is 0.321 e. The summed E-state index contributed by atoms with van der Waals surface area (Å²) in [5.41, 5.74) is 1.06. The maximum Gasteiger partial charge on any atom is 0.321 e. The van der Waals surface area contributed by atoms with Crippen LogP contribution in [0.4, 0.5) is 4.79 Å². The number of imide groups is 1. The number of oxazole rings is 1. The third-order valence-corrected chi connectivity index (χ3v) is 5.15. The van der Waals surface area contributed by atoms with Crippen molar-refractivity contribution in [3.8, 4) is 0 Å². The molecule has 1 atom stereocenters. The number of likely N-dealkylation sites (tertiary alicyclic amines) is 1. The number of carbonyl (C=O) groups is 2. The minimum Gasteiger partial charge on any atom is -0.447 e. The topological polar surface area (TPSA) is 87.5 Å². The molecule has 7 heteroatoms. The standard InChI is InChI=1S/C18H28N4O3/c1-2-19-18(24)21-16(23)11-22-10-6-9-15(22)17-20-14(12-25-17)13-7-4-3-5-8-13/h12-13,15H,2-11H2,1H3,(H2,19,21,23,24)/t15-/m0/s1. The summed E-state index contributed by atoms with van der Waals surface area (Å²) in [6, 6.07) is -0.420. The van der Waals surface area contributed by atoms with Gasteiger partial charge in [-0.25, -0.2) is 9.78 Å². The van der Waals surface area contributed by atoms with E-state index in [0.717, 1.165) is 25.1 Å². The first-order chi connectivity index (χ1) is 12.2. The molecule has 2 aliphatic rings. The SMILES string of the molecule is CCNC(=O)NC(=O)CN1CCC[C@H]1c1nc(C2CCCCC2)co1. The zero-order chi connectivity index (χ0) is 17.6. The average molecular weight is 348 g/mol. The molecule has 0 unspecified atom stereocenters. The molecule has 0 bridgehead atoms. The van der Waals surface area contributed by atoms with Gasteiger partial charge >= 0.3 is 6.03 Å². The van der Waals surface area contributed by atoms with Crippen molar-refractivity contribution in [1.29, 1.82) is 0 Å². The second-order valence-electron chi connectivity index (χ2n) is 6.98. The van der Waals surface area contributed by atoms with Crippen LogP contribution in [0, 0.1) is 0 Å². The predicted octanol–water partition coefficient (Wildman–Crippen LogP) is 2.70. The summed E-state index contributed by atoms with van der Waals surface area (Å²) < 4.78 is 5.77. The largest absolute Gasteiger partial charge is 0.447 e. The van der Waals surface area contributed by atoms with Gasteiger partial charge in [0.25, 0.3) is 0 Å². The van der Waals surface area contributed by atoms with Crippen molar-refractivity contribution in [2.75, 3.05) is 19.6 Å². The van der Waals surface area contributed by atoms with E-state index in [1.54, 1.807) is 6.26 Å². The van der Waals surface area contributed by atoms with Gasteiger partial charge in [-0.1, -0.05) is 19.3 Å². The molecule has 1 saturated heterocycles. The minimum absolute atomic E-state index is 0.0253. The Balaban J connectivity index is 1.58. The van der Waals surface area contributed by atoms with Crippen LogP contribution in [0.2, 0.25) is 0 Å². The van der Waals surface area contributed by atoms with Crippen LogP contribution in [0.5, 0.6) is 0 Å². The number of nitrogens with zero attached hydrogens (tertiary/aromatic N) is 2. The highest BCUT2D eigenvalue weighted by atomic mass is 16.3. The highest BCUT2D eigenvalue weighted by Gasteiger charge is 2.32. The summed E-state index contributed by atoms with van der Waals surface area (Å²) in [4.78, 5) is 30.3. The summed E-state index contributed by atoms with van der Waals surface area (Å²) in [5, 5.41) is 4.92. The first-order valence-corrected chi connectivity index (χ1v) is 9.44. The minimum atomic E-state index is -0.445. The Morgan fingerprint density at radius 1 is 1.24 bits per heavy atom. The van der Waals surface area contributed by atoms with E-state index in [1.807, 2.05) is 11.8 Å². The van der Waals surface area contributed by atoms with E-state index in [1.165, 1.54) is 32.1 Å². The van der Waals surface area contributed by atoms with Crippen LogP contribution in [0.25, 0.3) is 0 Å². The van der Waals surface area contributed by atoms with E-state index in [2.05, 4.69) is 10.6 Å². The van der Waals surface area contributed by atoms with Crippen LogP contribution in [0.15, 0.2) is 10.7 Å².